The number of hydrogen-bond acceptors (Lipinski definition) is 2. The van der Waals surface area contributed by atoms with Crippen molar-refractivity contribution in [1.29, 1.82) is 5.26 Å². The summed E-state index contributed by atoms with van der Waals surface area (Å²) in [4.78, 5) is 3.68. The Kier molecular flexibility index (Phi) is 1.93. The van der Waals surface area contributed by atoms with Crippen LogP contribution < -0.4 is 5.46 Å². The molecule has 2 radical (unpaired) electrons. The molecule has 46 valence electrons. The second-order valence-electron chi connectivity index (χ2n) is 1.71. The molecule has 0 aliphatic heterocycles. The van der Waals surface area contributed by atoms with Crippen LogP contribution in [0.25, 0.3) is 0 Å². The van der Waals surface area contributed by atoms with Crippen LogP contribution >= 0.6 is 11.6 Å². The third-order valence-electron chi connectivity index (χ3n) is 0.968. The lowest BCUT2D eigenvalue weighted by molar-refractivity contribution is 1.28. The molecule has 0 amide bonds. The summed E-state index contributed by atoms with van der Waals surface area (Å²) in [5.74, 6) is 0. The van der Waals surface area contributed by atoms with Crippen LogP contribution in [0.15, 0.2) is 12.3 Å². The van der Waals surface area contributed by atoms with Crippen molar-refractivity contribution in [1.82, 2.24) is 4.98 Å². The van der Waals surface area contributed by atoms with Gasteiger partial charge in [-0.15, -0.1) is 0 Å². The van der Waals surface area contributed by atoms with Crippen LogP contribution in [0.1, 0.15) is 5.69 Å². The highest BCUT2D eigenvalue weighted by Gasteiger charge is 1.97. The molecule has 10 heavy (non-hydrogen) atoms. The van der Waals surface area contributed by atoms with Crippen LogP contribution in [0.3, 0.4) is 0 Å². The van der Waals surface area contributed by atoms with E-state index in [0.717, 1.165) is 0 Å². The zero-order chi connectivity index (χ0) is 7.56. The van der Waals surface area contributed by atoms with Gasteiger partial charge in [-0.05, 0) is 6.07 Å². The predicted octanol–water partition coefficient (Wildman–Crippen LogP) is 0.400. The summed E-state index contributed by atoms with van der Waals surface area (Å²) in [5, 5.41) is 8.67. The SMILES string of the molecule is [B]c1cnc(C#N)c(Cl)c1. The molecule has 0 aliphatic rings. The van der Waals surface area contributed by atoms with Gasteiger partial charge in [0.1, 0.15) is 13.9 Å². The molecule has 1 heterocycles. The van der Waals surface area contributed by atoms with Crippen LogP contribution in [0.2, 0.25) is 5.02 Å². The maximum Gasteiger partial charge on any atom is 0.158 e. The Morgan fingerprint density at radius 1 is 1.70 bits per heavy atom. The number of pyridine rings is 1. The maximum absolute atomic E-state index is 8.37. The van der Waals surface area contributed by atoms with E-state index in [0.29, 0.717) is 10.5 Å². The van der Waals surface area contributed by atoms with Gasteiger partial charge >= 0.3 is 0 Å². The molecule has 0 spiro atoms. The van der Waals surface area contributed by atoms with E-state index in [1.54, 1.807) is 0 Å². The number of hydrogen-bond donors (Lipinski definition) is 0. The average Bonchev–Trinajstić information content (AvgIpc) is 1.88. The van der Waals surface area contributed by atoms with Crippen LogP contribution in [0, 0.1) is 11.3 Å². The molecule has 1 rings (SSSR count). The first kappa shape index (κ1) is 7.11. The van der Waals surface area contributed by atoms with E-state index in [-0.39, 0.29) is 5.69 Å². The lowest BCUT2D eigenvalue weighted by Gasteiger charge is -1.93. The standard InChI is InChI=1S/C6H2BClN2/c7-4-1-5(8)6(2-9)10-3-4/h1,3H. The fourth-order valence-electron chi connectivity index (χ4n) is 0.535. The predicted molar refractivity (Wildman–Crippen MR) is 39.4 cm³/mol. The van der Waals surface area contributed by atoms with Crippen molar-refractivity contribution >= 4 is 24.9 Å². The van der Waals surface area contributed by atoms with Gasteiger partial charge in [-0.3, -0.25) is 0 Å². The molecule has 0 unspecified atom stereocenters. The molecule has 2 nitrogen and oxygen atoms in total. The summed E-state index contributed by atoms with van der Waals surface area (Å²) >= 11 is 5.56. The zero-order valence-electron chi connectivity index (χ0n) is 5.00. The highest BCUT2D eigenvalue weighted by atomic mass is 35.5. The maximum atomic E-state index is 8.37. The molecule has 1 aromatic heterocycles. The van der Waals surface area contributed by atoms with Gasteiger partial charge < -0.3 is 0 Å². The van der Waals surface area contributed by atoms with E-state index >= 15 is 0 Å². The quantitative estimate of drug-likeness (QED) is 0.499. The minimum atomic E-state index is 0.205. The normalized spacial score (nSPS) is 8.80. The van der Waals surface area contributed by atoms with Crippen LogP contribution in [0.4, 0.5) is 0 Å². The second kappa shape index (κ2) is 2.72. The lowest BCUT2D eigenvalue weighted by atomic mass is 9.99. The van der Waals surface area contributed by atoms with Gasteiger partial charge in [0.2, 0.25) is 0 Å². The summed E-state index contributed by atoms with van der Waals surface area (Å²) in [6.07, 6.45) is 1.39. The zero-order valence-corrected chi connectivity index (χ0v) is 5.76. The second-order valence-corrected chi connectivity index (χ2v) is 2.12. The minimum absolute atomic E-state index is 0.205. The molecular weight excluding hydrogens is 146 g/mol. The molecule has 0 bridgehead atoms. The van der Waals surface area contributed by atoms with Crippen molar-refractivity contribution in [2.45, 2.75) is 0 Å². The van der Waals surface area contributed by atoms with Crippen molar-refractivity contribution in [3.63, 3.8) is 0 Å². The number of rotatable bonds is 0. The monoisotopic (exact) mass is 148 g/mol. The van der Waals surface area contributed by atoms with Gasteiger partial charge in [-0.2, -0.15) is 5.26 Å². The summed E-state index contributed by atoms with van der Waals surface area (Å²) < 4.78 is 0. The summed E-state index contributed by atoms with van der Waals surface area (Å²) in [7, 11) is 5.33. The molecule has 1 aromatic rings. The molecule has 0 fully saturated rings. The third kappa shape index (κ3) is 1.28. The Bertz CT molecular complexity index is 292. The molecule has 0 N–H and O–H groups in total. The van der Waals surface area contributed by atoms with Crippen LogP contribution in [0.5, 0.6) is 0 Å². The smallest absolute Gasteiger partial charge is 0.158 e. The van der Waals surface area contributed by atoms with Gasteiger partial charge in [-0.1, -0.05) is 17.1 Å². The lowest BCUT2D eigenvalue weighted by Crippen LogP contribution is -2.03. The van der Waals surface area contributed by atoms with Crippen molar-refractivity contribution in [3.05, 3.63) is 23.0 Å². The first-order valence-corrected chi connectivity index (χ1v) is 2.93. The summed E-state index contributed by atoms with van der Waals surface area (Å²) in [6, 6.07) is 3.32. The van der Waals surface area contributed by atoms with Crippen LogP contribution in [-0.2, 0) is 0 Å². The number of nitrogens with zero attached hydrogens (tertiary/aromatic N) is 2. The van der Waals surface area contributed by atoms with Gasteiger partial charge in [0.25, 0.3) is 0 Å². The number of halogens is 1. The topological polar surface area (TPSA) is 36.7 Å². The fourth-order valence-corrected chi connectivity index (χ4v) is 0.752. The van der Waals surface area contributed by atoms with E-state index in [1.807, 2.05) is 6.07 Å². The van der Waals surface area contributed by atoms with Gasteiger partial charge in [0.05, 0.1) is 5.02 Å². The first-order valence-electron chi connectivity index (χ1n) is 2.55. The Hall–Kier alpha value is -1.01. The Balaban J connectivity index is 3.23. The van der Waals surface area contributed by atoms with E-state index in [9.17, 15) is 0 Å². The Labute approximate surface area is 64.9 Å². The highest BCUT2D eigenvalue weighted by Crippen LogP contribution is 2.08. The molecule has 0 aliphatic carbocycles. The highest BCUT2D eigenvalue weighted by molar-refractivity contribution is 6.36. The van der Waals surface area contributed by atoms with Gasteiger partial charge in [-0.25, -0.2) is 4.98 Å². The first-order chi connectivity index (χ1) is 4.74. The van der Waals surface area contributed by atoms with E-state index in [4.69, 9.17) is 24.7 Å². The third-order valence-corrected chi connectivity index (χ3v) is 1.26. The van der Waals surface area contributed by atoms with E-state index in [2.05, 4.69) is 4.98 Å². The van der Waals surface area contributed by atoms with E-state index < -0.39 is 0 Å². The van der Waals surface area contributed by atoms with Crippen molar-refractivity contribution in [2.75, 3.05) is 0 Å². The number of nitriles is 1. The molecule has 0 saturated carbocycles. The molecule has 0 saturated heterocycles. The van der Waals surface area contributed by atoms with Crippen molar-refractivity contribution in [3.8, 4) is 6.07 Å². The van der Waals surface area contributed by atoms with Gasteiger partial charge in [0.15, 0.2) is 5.69 Å². The largest absolute Gasteiger partial charge is 0.245 e. The van der Waals surface area contributed by atoms with Crippen molar-refractivity contribution in [2.24, 2.45) is 0 Å². The molecule has 4 heteroatoms. The van der Waals surface area contributed by atoms with Crippen molar-refractivity contribution < 1.29 is 0 Å². The average molecular weight is 148 g/mol. The molecule has 0 atom stereocenters. The van der Waals surface area contributed by atoms with E-state index in [1.165, 1.54) is 12.3 Å². The summed E-state index contributed by atoms with van der Waals surface area (Å²) in [5.41, 5.74) is 0.667. The molecular formula is C6H2BClN2. The number of aromatic nitrogens is 1. The fraction of sp³-hybridized carbons (Fsp3) is 0. The Morgan fingerprint density at radius 2 is 2.40 bits per heavy atom. The van der Waals surface area contributed by atoms with Gasteiger partial charge in [0, 0.05) is 6.20 Å². The van der Waals surface area contributed by atoms with Crippen LogP contribution in [-0.4, -0.2) is 12.8 Å². The summed E-state index contributed by atoms with van der Waals surface area (Å²) in [6.45, 7) is 0. The molecule has 0 aromatic carbocycles. The minimum Gasteiger partial charge on any atom is -0.245 e. The Morgan fingerprint density at radius 3 is 2.90 bits per heavy atom.